The van der Waals surface area contributed by atoms with Crippen molar-refractivity contribution in [2.75, 3.05) is 6.61 Å². The molecule has 0 amide bonds. The second-order valence-electron chi connectivity index (χ2n) is 3.91. The van der Waals surface area contributed by atoms with Crippen LogP contribution in [0.1, 0.15) is 78.6 Å². The van der Waals surface area contributed by atoms with Crippen LogP contribution in [0.5, 0.6) is 0 Å². The summed E-state index contributed by atoms with van der Waals surface area (Å²) in [5, 5.41) is 8.51. The number of hydrogen-bond donors (Lipinski definition) is 1. The summed E-state index contributed by atoms with van der Waals surface area (Å²) in [7, 11) is 0. The van der Waals surface area contributed by atoms with Gasteiger partial charge >= 0.3 is 0 Å². The van der Waals surface area contributed by atoms with Gasteiger partial charge in [0, 0.05) is 6.61 Å². The fourth-order valence-electron chi connectivity index (χ4n) is 1.25. The summed E-state index contributed by atoms with van der Waals surface area (Å²) in [6.07, 6.45) is 11.6. The molecule has 0 aliphatic carbocycles. The summed E-state index contributed by atoms with van der Waals surface area (Å²) < 4.78 is 0. The fourth-order valence-corrected chi connectivity index (χ4v) is 1.25. The molecule has 0 radical (unpaired) electrons. The third-order valence-electron chi connectivity index (χ3n) is 2.01. The minimum atomic E-state index is 0.370. The summed E-state index contributed by atoms with van der Waals surface area (Å²) in [6.45, 7) is 6.86. The maximum atomic E-state index is 8.51. The first-order valence-electron chi connectivity index (χ1n) is 6.44. The van der Waals surface area contributed by atoms with Crippen LogP contribution in [0.15, 0.2) is 0 Å². The molecule has 0 rings (SSSR count). The molecule has 0 atom stereocenters. The van der Waals surface area contributed by atoms with Gasteiger partial charge in [0.25, 0.3) is 0 Å². The maximum Gasteiger partial charge on any atom is 0.0431 e. The topological polar surface area (TPSA) is 20.2 Å². The Morgan fingerprint density at radius 2 is 1.00 bits per heavy atom. The molecule has 14 heavy (non-hydrogen) atoms. The van der Waals surface area contributed by atoms with Crippen LogP contribution in [0, 0.1) is 0 Å². The first kappa shape index (κ1) is 16.4. The van der Waals surface area contributed by atoms with E-state index in [2.05, 4.69) is 20.8 Å². The molecule has 0 aliphatic rings. The molecule has 0 unspecified atom stereocenters. The Kier molecular flexibility index (Phi) is 21.9. The van der Waals surface area contributed by atoms with Crippen molar-refractivity contribution in [3.05, 3.63) is 0 Å². The molecular formula is C13H30O. The molecule has 0 aromatic heterocycles. The van der Waals surface area contributed by atoms with Crippen molar-refractivity contribution in [3.8, 4) is 0 Å². The number of aliphatic hydroxyl groups is 1. The van der Waals surface area contributed by atoms with Crippen LogP contribution in [0.25, 0.3) is 0 Å². The third-order valence-corrected chi connectivity index (χ3v) is 2.01. The average molecular weight is 202 g/mol. The summed E-state index contributed by atoms with van der Waals surface area (Å²) in [5.41, 5.74) is 0. The molecule has 0 aromatic rings. The highest BCUT2D eigenvalue weighted by molar-refractivity contribution is 4.44. The monoisotopic (exact) mass is 202 g/mol. The van der Waals surface area contributed by atoms with E-state index < -0.39 is 0 Å². The van der Waals surface area contributed by atoms with E-state index in [1.807, 2.05) is 0 Å². The van der Waals surface area contributed by atoms with Crippen molar-refractivity contribution in [1.29, 1.82) is 0 Å². The third kappa shape index (κ3) is 22.7. The van der Waals surface area contributed by atoms with Crippen LogP contribution >= 0.6 is 0 Å². The first-order chi connectivity index (χ1) is 6.83. The lowest BCUT2D eigenvalue weighted by molar-refractivity contribution is 0.282. The van der Waals surface area contributed by atoms with Gasteiger partial charge in [-0.3, -0.25) is 0 Å². The largest absolute Gasteiger partial charge is 0.396 e. The van der Waals surface area contributed by atoms with Gasteiger partial charge in [-0.15, -0.1) is 0 Å². The lowest BCUT2D eigenvalue weighted by Gasteiger charge is -1.98. The van der Waals surface area contributed by atoms with Gasteiger partial charge in [-0.25, -0.2) is 0 Å². The molecule has 0 aromatic carbocycles. The van der Waals surface area contributed by atoms with Gasteiger partial charge in [0.05, 0.1) is 0 Å². The van der Waals surface area contributed by atoms with Crippen molar-refractivity contribution in [1.82, 2.24) is 0 Å². The second-order valence-corrected chi connectivity index (χ2v) is 3.91. The van der Waals surface area contributed by atoms with E-state index in [1.54, 1.807) is 0 Å². The Bertz CT molecular complexity index is 63.6. The van der Waals surface area contributed by atoms with E-state index in [4.69, 9.17) is 5.11 Å². The summed E-state index contributed by atoms with van der Waals surface area (Å²) in [5.74, 6) is 0. The average Bonchev–Trinajstić information content (AvgIpc) is 2.18. The molecule has 0 spiro atoms. The molecule has 88 valence electrons. The van der Waals surface area contributed by atoms with E-state index >= 15 is 0 Å². The zero-order valence-corrected chi connectivity index (χ0v) is 10.5. The van der Waals surface area contributed by atoms with Crippen LogP contribution < -0.4 is 0 Å². The highest BCUT2D eigenvalue weighted by Crippen LogP contribution is 2.07. The fraction of sp³-hybridized carbons (Fsp3) is 1.00. The van der Waals surface area contributed by atoms with Crippen LogP contribution in [0.2, 0.25) is 0 Å². The van der Waals surface area contributed by atoms with E-state index in [1.165, 1.54) is 51.4 Å². The van der Waals surface area contributed by atoms with Crippen molar-refractivity contribution < 1.29 is 5.11 Å². The Morgan fingerprint density at radius 1 is 0.643 bits per heavy atom. The van der Waals surface area contributed by atoms with Gasteiger partial charge in [-0.05, 0) is 6.42 Å². The molecule has 0 heterocycles. The van der Waals surface area contributed by atoms with E-state index in [-0.39, 0.29) is 0 Å². The highest BCUT2D eigenvalue weighted by Gasteiger charge is 1.89. The van der Waals surface area contributed by atoms with Crippen molar-refractivity contribution >= 4 is 0 Å². The minimum Gasteiger partial charge on any atom is -0.396 e. The zero-order chi connectivity index (χ0) is 11.1. The molecule has 1 N–H and O–H groups in total. The van der Waals surface area contributed by atoms with Gasteiger partial charge in [0.1, 0.15) is 0 Å². The Balaban J connectivity index is 0. The Labute approximate surface area is 90.9 Å². The standard InChI is InChI=1S/C10H22O.C3H8/c1-2-3-4-5-6-7-8-9-10-11;1-3-2/h11H,2-10H2,1H3;3H2,1-2H3. The maximum absolute atomic E-state index is 8.51. The number of unbranched alkanes of at least 4 members (excludes halogenated alkanes) is 7. The number of aliphatic hydroxyl groups excluding tert-OH is 1. The molecule has 0 fully saturated rings. The normalized spacial score (nSPS) is 9.43. The minimum absolute atomic E-state index is 0.370. The van der Waals surface area contributed by atoms with Gasteiger partial charge < -0.3 is 5.11 Å². The van der Waals surface area contributed by atoms with E-state index in [9.17, 15) is 0 Å². The van der Waals surface area contributed by atoms with Gasteiger partial charge in [0.15, 0.2) is 0 Å². The number of hydrogen-bond acceptors (Lipinski definition) is 1. The SMILES string of the molecule is CCC.CCCCCCCCCCO. The van der Waals surface area contributed by atoms with Gasteiger partial charge in [-0.1, -0.05) is 72.1 Å². The summed E-state index contributed by atoms with van der Waals surface area (Å²) in [6, 6.07) is 0. The van der Waals surface area contributed by atoms with E-state index in [0.29, 0.717) is 6.61 Å². The highest BCUT2D eigenvalue weighted by atomic mass is 16.2. The first-order valence-corrected chi connectivity index (χ1v) is 6.44. The predicted octanol–water partition coefficient (Wildman–Crippen LogP) is 4.54. The molecule has 0 bridgehead atoms. The second kappa shape index (κ2) is 18.7. The van der Waals surface area contributed by atoms with Crippen molar-refractivity contribution in [2.24, 2.45) is 0 Å². The summed E-state index contributed by atoms with van der Waals surface area (Å²) in [4.78, 5) is 0. The van der Waals surface area contributed by atoms with Gasteiger partial charge in [-0.2, -0.15) is 0 Å². The van der Waals surface area contributed by atoms with E-state index in [0.717, 1.165) is 6.42 Å². The Hall–Kier alpha value is -0.0400. The summed E-state index contributed by atoms with van der Waals surface area (Å²) >= 11 is 0. The predicted molar refractivity (Wildman–Crippen MR) is 65.7 cm³/mol. The smallest absolute Gasteiger partial charge is 0.0431 e. The lowest BCUT2D eigenvalue weighted by atomic mass is 10.1. The van der Waals surface area contributed by atoms with Crippen LogP contribution in [0.4, 0.5) is 0 Å². The molecule has 0 aliphatic heterocycles. The Morgan fingerprint density at radius 3 is 1.36 bits per heavy atom. The van der Waals surface area contributed by atoms with Crippen LogP contribution in [0.3, 0.4) is 0 Å². The van der Waals surface area contributed by atoms with Crippen molar-refractivity contribution in [3.63, 3.8) is 0 Å². The molecule has 1 heteroatoms. The van der Waals surface area contributed by atoms with Crippen molar-refractivity contribution in [2.45, 2.75) is 78.6 Å². The van der Waals surface area contributed by atoms with Crippen LogP contribution in [-0.2, 0) is 0 Å². The lowest BCUT2D eigenvalue weighted by Crippen LogP contribution is -1.83. The molecule has 0 saturated heterocycles. The molecule has 1 nitrogen and oxygen atoms in total. The van der Waals surface area contributed by atoms with Gasteiger partial charge in [0.2, 0.25) is 0 Å². The number of rotatable bonds is 8. The quantitative estimate of drug-likeness (QED) is 0.573. The molecular weight excluding hydrogens is 172 g/mol. The zero-order valence-electron chi connectivity index (χ0n) is 10.5. The van der Waals surface area contributed by atoms with Crippen LogP contribution in [-0.4, -0.2) is 11.7 Å². The molecule has 0 saturated carbocycles.